The summed E-state index contributed by atoms with van der Waals surface area (Å²) < 4.78 is 5.13. The maximum absolute atomic E-state index is 6.08. The van der Waals surface area contributed by atoms with Gasteiger partial charge in [0.2, 0.25) is 0 Å². The second kappa shape index (κ2) is 6.77. The van der Waals surface area contributed by atoms with E-state index in [1.807, 2.05) is 18.2 Å². The molecule has 0 saturated heterocycles. The Morgan fingerprint density at radius 2 is 2.19 bits per heavy atom. The molecule has 1 aromatic carbocycles. The summed E-state index contributed by atoms with van der Waals surface area (Å²) in [5, 5.41) is 4.14. The van der Waals surface area contributed by atoms with Crippen molar-refractivity contribution in [1.29, 1.82) is 0 Å². The van der Waals surface area contributed by atoms with Gasteiger partial charge in [-0.1, -0.05) is 31.0 Å². The fourth-order valence-corrected chi connectivity index (χ4v) is 1.83. The van der Waals surface area contributed by atoms with Crippen LogP contribution in [-0.2, 0) is 0 Å². The first-order valence-corrected chi connectivity index (χ1v) is 6.13. The van der Waals surface area contributed by atoms with E-state index in [1.165, 1.54) is 18.4 Å². The lowest BCUT2D eigenvalue weighted by Crippen LogP contribution is -2.19. The number of unbranched alkanes of at least 4 members (excludes halogenated alkanes) is 1. The van der Waals surface area contributed by atoms with E-state index in [1.54, 1.807) is 7.11 Å². The first kappa shape index (κ1) is 13.3. The summed E-state index contributed by atoms with van der Waals surface area (Å²) in [5.74, 6) is 0.728. The SMILES string of the molecule is CCCCNC(C)c1ccc(OC)c(Cl)c1. The van der Waals surface area contributed by atoms with Crippen LogP contribution in [-0.4, -0.2) is 13.7 Å². The number of benzene rings is 1. The van der Waals surface area contributed by atoms with E-state index in [4.69, 9.17) is 16.3 Å². The standard InChI is InChI=1S/C13H20ClNO/c1-4-5-8-15-10(2)11-6-7-13(16-3)12(14)9-11/h6-7,9-10,15H,4-5,8H2,1-3H3. The maximum Gasteiger partial charge on any atom is 0.137 e. The van der Waals surface area contributed by atoms with Crippen molar-refractivity contribution in [2.45, 2.75) is 32.7 Å². The second-order valence-electron chi connectivity index (χ2n) is 3.92. The summed E-state index contributed by atoms with van der Waals surface area (Å²) in [6.07, 6.45) is 2.41. The first-order chi connectivity index (χ1) is 7.69. The first-order valence-electron chi connectivity index (χ1n) is 5.75. The molecule has 0 aliphatic carbocycles. The highest BCUT2D eigenvalue weighted by molar-refractivity contribution is 6.32. The van der Waals surface area contributed by atoms with Crippen LogP contribution in [0.5, 0.6) is 5.75 Å². The minimum atomic E-state index is 0.329. The number of rotatable bonds is 6. The minimum absolute atomic E-state index is 0.329. The third-order valence-corrected chi connectivity index (χ3v) is 2.95. The Bertz CT molecular complexity index is 328. The zero-order valence-corrected chi connectivity index (χ0v) is 11.0. The van der Waals surface area contributed by atoms with Crippen LogP contribution < -0.4 is 10.1 Å². The van der Waals surface area contributed by atoms with Crippen molar-refractivity contribution in [2.24, 2.45) is 0 Å². The van der Waals surface area contributed by atoms with Gasteiger partial charge in [0.05, 0.1) is 12.1 Å². The molecule has 0 heterocycles. The molecule has 0 bridgehead atoms. The molecule has 1 atom stereocenters. The van der Waals surface area contributed by atoms with Crippen molar-refractivity contribution in [3.63, 3.8) is 0 Å². The number of hydrogen-bond donors (Lipinski definition) is 1. The lowest BCUT2D eigenvalue weighted by Gasteiger charge is -2.15. The second-order valence-corrected chi connectivity index (χ2v) is 4.33. The predicted octanol–water partition coefficient (Wildman–Crippen LogP) is 3.80. The van der Waals surface area contributed by atoms with Gasteiger partial charge in [-0.2, -0.15) is 0 Å². The summed E-state index contributed by atoms with van der Waals surface area (Å²) >= 11 is 6.08. The van der Waals surface area contributed by atoms with Crippen molar-refractivity contribution in [2.75, 3.05) is 13.7 Å². The number of ether oxygens (including phenoxy) is 1. The lowest BCUT2D eigenvalue weighted by molar-refractivity contribution is 0.414. The average molecular weight is 242 g/mol. The van der Waals surface area contributed by atoms with Gasteiger partial charge in [0, 0.05) is 6.04 Å². The molecule has 0 radical (unpaired) electrons. The molecule has 90 valence electrons. The molecule has 0 aliphatic rings. The van der Waals surface area contributed by atoms with Gasteiger partial charge in [-0.25, -0.2) is 0 Å². The number of methoxy groups -OCH3 is 1. The summed E-state index contributed by atoms with van der Waals surface area (Å²) in [6, 6.07) is 6.25. The van der Waals surface area contributed by atoms with E-state index in [9.17, 15) is 0 Å². The van der Waals surface area contributed by atoms with Crippen LogP contribution in [0.4, 0.5) is 0 Å². The molecular formula is C13H20ClNO. The fourth-order valence-electron chi connectivity index (χ4n) is 1.57. The molecule has 1 unspecified atom stereocenters. The van der Waals surface area contributed by atoms with Crippen LogP contribution in [0, 0.1) is 0 Å². The Kier molecular flexibility index (Phi) is 5.64. The van der Waals surface area contributed by atoms with E-state index in [-0.39, 0.29) is 0 Å². The van der Waals surface area contributed by atoms with Crippen LogP contribution >= 0.6 is 11.6 Å². The molecule has 1 rings (SSSR count). The van der Waals surface area contributed by atoms with Crippen LogP contribution in [0.25, 0.3) is 0 Å². The lowest BCUT2D eigenvalue weighted by atomic mass is 10.1. The maximum atomic E-state index is 6.08. The van der Waals surface area contributed by atoms with Crippen molar-refractivity contribution < 1.29 is 4.74 Å². The van der Waals surface area contributed by atoms with E-state index >= 15 is 0 Å². The summed E-state index contributed by atoms with van der Waals surface area (Å²) in [6.45, 7) is 5.38. The smallest absolute Gasteiger partial charge is 0.137 e. The fraction of sp³-hybridized carbons (Fsp3) is 0.538. The zero-order valence-electron chi connectivity index (χ0n) is 10.2. The molecule has 2 nitrogen and oxygen atoms in total. The highest BCUT2D eigenvalue weighted by Gasteiger charge is 2.07. The van der Waals surface area contributed by atoms with Gasteiger partial charge in [0.25, 0.3) is 0 Å². The van der Waals surface area contributed by atoms with Crippen molar-refractivity contribution in [3.8, 4) is 5.75 Å². The van der Waals surface area contributed by atoms with Gasteiger partial charge in [-0.15, -0.1) is 0 Å². The quantitative estimate of drug-likeness (QED) is 0.765. The highest BCUT2D eigenvalue weighted by atomic mass is 35.5. The summed E-state index contributed by atoms with van der Waals surface area (Å²) in [7, 11) is 1.63. The molecule has 0 amide bonds. The molecule has 1 N–H and O–H groups in total. The van der Waals surface area contributed by atoms with Crippen LogP contribution in [0.15, 0.2) is 18.2 Å². The van der Waals surface area contributed by atoms with Gasteiger partial charge in [0.15, 0.2) is 0 Å². The van der Waals surface area contributed by atoms with Crippen molar-refractivity contribution in [3.05, 3.63) is 28.8 Å². The number of nitrogens with one attached hydrogen (secondary N) is 1. The van der Waals surface area contributed by atoms with Gasteiger partial charge in [-0.3, -0.25) is 0 Å². The largest absolute Gasteiger partial charge is 0.495 e. The third kappa shape index (κ3) is 3.69. The Balaban J connectivity index is 2.62. The molecule has 0 aromatic heterocycles. The Morgan fingerprint density at radius 1 is 1.44 bits per heavy atom. The minimum Gasteiger partial charge on any atom is -0.495 e. The summed E-state index contributed by atoms with van der Waals surface area (Å²) in [5.41, 5.74) is 1.20. The average Bonchev–Trinajstić information content (AvgIpc) is 2.29. The number of halogens is 1. The molecule has 1 aromatic rings. The normalized spacial score (nSPS) is 12.5. The Morgan fingerprint density at radius 3 is 2.75 bits per heavy atom. The van der Waals surface area contributed by atoms with E-state index < -0.39 is 0 Å². The van der Waals surface area contributed by atoms with E-state index in [0.29, 0.717) is 11.1 Å². The van der Waals surface area contributed by atoms with Crippen LogP contribution in [0.3, 0.4) is 0 Å². The molecule has 16 heavy (non-hydrogen) atoms. The van der Waals surface area contributed by atoms with Crippen LogP contribution in [0.2, 0.25) is 5.02 Å². The number of hydrogen-bond acceptors (Lipinski definition) is 2. The monoisotopic (exact) mass is 241 g/mol. The highest BCUT2D eigenvalue weighted by Crippen LogP contribution is 2.27. The topological polar surface area (TPSA) is 21.3 Å². The molecule has 0 aliphatic heterocycles. The molecule has 0 saturated carbocycles. The molecule has 3 heteroatoms. The zero-order chi connectivity index (χ0) is 12.0. The van der Waals surface area contributed by atoms with Gasteiger partial charge in [0.1, 0.15) is 5.75 Å². The van der Waals surface area contributed by atoms with Crippen molar-refractivity contribution >= 4 is 11.6 Å². The van der Waals surface area contributed by atoms with Gasteiger partial charge in [-0.05, 0) is 37.6 Å². The van der Waals surface area contributed by atoms with E-state index in [0.717, 1.165) is 12.3 Å². The third-order valence-electron chi connectivity index (χ3n) is 2.66. The molecular weight excluding hydrogens is 222 g/mol. The van der Waals surface area contributed by atoms with Gasteiger partial charge >= 0.3 is 0 Å². The molecule has 0 fully saturated rings. The Labute approximate surface area is 103 Å². The summed E-state index contributed by atoms with van der Waals surface area (Å²) in [4.78, 5) is 0. The van der Waals surface area contributed by atoms with Gasteiger partial charge < -0.3 is 10.1 Å². The van der Waals surface area contributed by atoms with Crippen molar-refractivity contribution in [1.82, 2.24) is 5.32 Å². The predicted molar refractivity (Wildman–Crippen MR) is 69.3 cm³/mol. The van der Waals surface area contributed by atoms with Crippen LogP contribution in [0.1, 0.15) is 38.3 Å². The Hall–Kier alpha value is -0.730. The van der Waals surface area contributed by atoms with E-state index in [2.05, 4.69) is 19.2 Å². The molecule has 0 spiro atoms.